The number of nitrogens with one attached hydrogen (secondary N) is 1. The molecule has 0 saturated carbocycles. The van der Waals surface area contributed by atoms with Crippen LogP contribution in [0.1, 0.15) is 32.8 Å². The van der Waals surface area contributed by atoms with Crippen molar-refractivity contribution in [3.63, 3.8) is 0 Å². The second kappa shape index (κ2) is 7.61. The Morgan fingerprint density at radius 1 is 1.11 bits per heavy atom. The van der Waals surface area contributed by atoms with Gasteiger partial charge in [-0.1, -0.05) is 32.9 Å². The van der Waals surface area contributed by atoms with E-state index < -0.39 is 0 Å². The number of rotatable bonds is 7. The van der Waals surface area contributed by atoms with Crippen LogP contribution in [0.15, 0.2) is 24.3 Å². The maximum atomic E-state index is 12.8. The van der Waals surface area contributed by atoms with Crippen molar-refractivity contribution in [2.45, 2.75) is 33.7 Å². The van der Waals surface area contributed by atoms with Crippen LogP contribution in [0.4, 0.5) is 4.39 Å². The van der Waals surface area contributed by atoms with Crippen LogP contribution in [0.25, 0.3) is 0 Å². The normalized spacial score (nSPS) is 12.1. The van der Waals surface area contributed by atoms with Gasteiger partial charge in [0.15, 0.2) is 0 Å². The van der Waals surface area contributed by atoms with Crippen molar-refractivity contribution in [1.82, 2.24) is 10.2 Å². The fourth-order valence-corrected chi connectivity index (χ4v) is 1.84. The Labute approximate surface area is 117 Å². The van der Waals surface area contributed by atoms with E-state index in [2.05, 4.69) is 38.0 Å². The van der Waals surface area contributed by atoms with Gasteiger partial charge in [0.1, 0.15) is 5.82 Å². The predicted molar refractivity (Wildman–Crippen MR) is 79.7 cm³/mol. The molecule has 1 aromatic carbocycles. The molecule has 0 amide bonds. The third-order valence-electron chi connectivity index (χ3n) is 3.09. The molecule has 0 aliphatic rings. The van der Waals surface area contributed by atoms with Gasteiger partial charge in [0, 0.05) is 19.6 Å². The Kier molecular flexibility index (Phi) is 6.46. The first-order valence-corrected chi connectivity index (χ1v) is 7.00. The number of halogens is 1. The average molecular weight is 266 g/mol. The maximum absolute atomic E-state index is 12.8. The zero-order valence-corrected chi connectivity index (χ0v) is 12.7. The van der Waals surface area contributed by atoms with Crippen LogP contribution in [-0.2, 0) is 6.54 Å². The molecule has 0 heterocycles. The molecule has 0 bridgehead atoms. The summed E-state index contributed by atoms with van der Waals surface area (Å²) in [6, 6.07) is 6.73. The molecule has 0 fully saturated rings. The van der Waals surface area contributed by atoms with Crippen molar-refractivity contribution in [2.24, 2.45) is 5.41 Å². The van der Waals surface area contributed by atoms with Gasteiger partial charge in [-0.25, -0.2) is 4.39 Å². The molecule has 3 heteroatoms. The van der Waals surface area contributed by atoms with Gasteiger partial charge in [0.2, 0.25) is 0 Å². The third-order valence-corrected chi connectivity index (χ3v) is 3.09. The highest BCUT2D eigenvalue weighted by Crippen LogP contribution is 2.16. The van der Waals surface area contributed by atoms with E-state index in [1.54, 1.807) is 0 Å². The topological polar surface area (TPSA) is 15.3 Å². The molecule has 0 aromatic heterocycles. The Hall–Kier alpha value is -0.930. The summed E-state index contributed by atoms with van der Waals surface area (Å²) in [7, 11) is 2.09. The molecule has 2 nitrogen and oxygen atoms in total. The van der Waals surface area contributed by atoms with E-state index in [9.17, 15) is 4.39 Å². The number of nitrogens with zero attached hydrogens (tertiary/aromatic N) is 1. The van der Waals surface area contributed by atoms with E-state index in [1.165, 1.54) is 18.6 Å². The lowest BCUT2D eigenvalue weighted by molar-refractivity contribution is 0.314. The van der Waals surface area contributed by atoms with Gasteiger partial charge in [-0.15, -0.1) is 0 Å². The van der Waals surface area contributed by atoms with Gasteiger partial charge < -0.3 is 10.2 Å². The van der Waals surface area contributed by atoms with Gasteiger partial charge in [-0.05, 0) is 43.1 Å². The van der Waals surface area contributed by atoms with Crippen molar-refractivity contribution >= 4 is 0 Å². The van der Waals surface area contributed by atoms with E-state index in [0.29, 0.717) is 5.41 Å². The molecule has 0 atom stereocenters. The predicted octanol–water partition coefficient (Wildman–Crippen LogP) is 3.28. The molecular weight excluding hydrogens is 239 g/mol. The summed E-state index contributed by atoms with van der Waals surface area (Å²) in [5, 5.41) is 3.47. The minimum atomic E-state index is -0.171. The largest absolute Gasteiger partial charge is 0.315 e. The van der Waals surface area contributed by atoms with Gasteiger partial charge in [-0.3, -0.25) is 0 Å². The number of likely N-dealkylation sites (N-methyl/N-ethyl adjacent to an activating group) is 1. The molecule has 1 N–H and O–H groups in total. The standard InChI is InChI=1S/C16H27FN2/c1-16(2,3)9-10-18-11-12-19(4)13-14-5-7-15(17)8-6-14/h5-8,18H,9-13H2,1-4H3. The fraction of sp³-hybridized carbons (Fsp3) is 0.625. The van der Waals surface area contributed by atoms with Crippen LogP contribution < -0.4 is 5.32 Å². The lowest BCUT2D eigenvalue weighted by atomic mass is 9.92. The lowest BCUT2D eigenvalue weighted by Crippen LogP contribution is -2.30. The summed E-state index contributed by atoms with van der Waals surface area (Å²) < 4.78 is 12.8. The van der Waals surface area contributed by atoms with E-state index in [4.69, 9.17) is 0 Å². The smallest absolute Gasteiger partial charge is 0.123 e. The molecule has 0 unspecified atom stereocenters. The molecule has 0 aliphatic heterocycles. The molecular formula is C16H27FN2. The zero-order valence-electron chi connectivity index (χ0n) is 12.7. The van der Waals surface area contributed by atoms with E-state index in [0.717, 1.165) is 31.7 Å². The third kappa shape index (κ3) is 7.96. The number of benzene rings is 1. The van der Waals surface area contributed by atoms with Crippen molar-refractivity contribution in [3.05, 3.63) is 35.6 Å². The summed E-state index contributed by atoms with van der Waals surface area (Å²) in [4.78, 5) is 2.25. The number of hydrogen-bond donors (Lipinski definition) is 1. The maximum Gasteiger partial charge on any atom is 0.123 e. The van der Waals surface area contributed by atoms with Crippen LogP contribution in [-0.4, -0.2) is 31.6 Å². The van der Waals surface area contributed by atoms with Crippen LogP contribution in [0.5, 0.6) is 0 Å². The zero-order chi connectivity index (χ0) is 14.3. The second-order valence-electron chi connectivity index (χ2n) is 6.42. The molecule has 0 aliphatic carbocycles. The molecule has 108 valence electrons. The SMILES string of the molecule is CN(CCNCCC(C)(C)C)Cc1ccc(F)cc1. The Balaban J connectivity index is 2.14. The van der Waals surface area contributed by atoms with Gasteiger partial charge >= 0.3 is 0 Å². The second-order valence-corrected chi connectivity index (χ2v) is 6.42. The highest BCUT2D eigenvalue weighted by Gasteiger charge is 2.08. The van der Waals surface area contributed by atoms with E-state index in [-0.39, 0.29) is 5.82 Å². The van der Waals surface area contributed by atoms with Crippen molar-refractivity contribution < 1.29 is 4.39 Å². The molecule has 0 radical (unpaired) electrons. The van der Waals surface area contributed by atoms with Crippen LogP contribution in [0.2, 0.25) is 0 Å². The van der Waals surface area contributed by atoms with Crippen LogP contribution in [0, 0.1) is 11.2 Å². The van der Waals surface area contributed by atoms with Gasteiger partial charge in [0.25, 0.3) is 0 Å². The van der Waals surface area contributed by atoms with E-state index in [1.807, 2.05) is 12.1 Å². The molecule has 1 aromatic rings. The first kappa shape index (κ1) is 16.1. The Morgan fingerprint density at radius 3 is 2.32 bits per heavy atom. The summed E-state index contributed by atoms with van der Waals surface area (Å²) in [6.45, 7) is 10.7. The Morgan fingerprint density at radius 2 is 1.74 bits per heavy atom. The summed E-state index contributed by atoms with van der Waals surface area (Å²) in [6.07, 6.45) is 1.19. The van der Waals surface area contributed by atoms with Crippen LogP contribution in [0.3, 0.4) is 0 Å². The summed E-state index contributed by atoms with van der Waals surface area (Å²) >= 11 is 0. The Bertz CT molecular complexity index is 354. The van der Waals surface area contributed by atoms with Crippen molar-refractivity contribution in [1.29, 1.82) is 0 Å². The highest BCUT2D eigenvalue weighted by atomic mass is 19.1. The minimum Gasteiger partial charge on any atom is -0.315 e. The first-order chi connectivity index (χ1) is 8.87. The van der Waals surface area contributed by atoms with Crippen molar-refractivity contribution in [3.8, 4) is 0 Å². The number of hydrogen-bond acceptors (Lipinski definition) is 2. The van der Waals surface area contributed by atoms with Crippen LogP contribution >= 0.6 is 0 Å². The lowest BCUT2D eigenvalue weighted by Gasteiger charge is -2.20. The quantitative estimate of drug-likeness (QED) is 0.762. The molecule has 0 saturated heterocycles. The fourth-order valence-electron chi connectivity index (χ4n) is 1.84. The van der Waals surface area contributed by atoms with Crippen molar-refractivity contribution in [2.75, 3.05) is 26.7 Å². The summed E-state index contributed by atoms with van der Waals surface area (Å²) in [5.41, 5.74) is 1.55. The molecule has 19 heavy (non-hydrogen) atoms. The highest BCUT2D eigenvalue weighted by molar-refractivity contribution is 5.15. The molecule has 0 spiro atoms. The monoisotopic (exact) mass is 266 g/mol. The van der Waals surface area contributed by atoms with Gasteiger partial charge in [0.05, 0.1) is 0 Å². The minimum absolute atomic E-state index is 0.171. The average Bonchev–Trinajstić information content (AvgIpc) is 2.30. The first-order valence-electron chi connectivity index (χ1n) is 7.00. The molecule has 1 rings (SSSR count). The summed E-state index contributed by atoms with van der Waals surface area (Å²) in [5.74, 6) is -0.171. The van der Waals surface area contributed by atoms with E-state index >= 15 is 0 Å². The van der Waals surface area contributed by atoms with Gasteiger partial charge in [-0.2, -0.15) is 0 Å².